The van der Waals surface area contributed by atoms with Crippen molar-refractivity contribution in [1.29, 1.82) is 0 Å². The van der Waals surface area contributed by atoms with E-state index in [0.717, 1.165) is 12.8 Å². The molecule has 1 aromatic carbocycles. The van der Waals surface area contributed by atoms with Crippen molar-refractivity contribution in [2.24, 2.45) is 0 Å². The molecular formula is C15H21ClN2O2. The molecule has 0 aliphatic heterocycles. The lowest BCUT2D eigenvalue weighted by Gasteiger charge is -2.24. The predicted octanol–water partition coefficient (Wildman–Crippen LogP) is 2.95. The summed E-state index contributed by atoms with van der Waals surface area (Å²) in [6.07, 6.45) is 1.99. The van der Waals surface area contributed by atoms with Gasteiger partial charge in [-0.3, -0.25) is 9.59 Å². The molecule has 0 aromatic heterocycles. The third-order valence-corrected chi connectivity index (χ3v) is 3.30. The topological polar surface area (TPSA) is 40.6 Å². The lowest BCUT2D eigenvalue weighted by Crippen LogP contribution is -2.41. The lowest BCUT2D eigenvalue weighted by molar-refractivity contribution is -0.130. The average molecular weight is 297 g/mol. The fourth-order valence-corrected chi connectivity index (χ4v) is 1.99. The number of unbranched alkanes of at least 4 members (excludes halogenated alkanes) is 1. The normalized spacial score (nSPS) is 10.2. The third-order valence-electron chi connectivity index (χ3n) is 3.07. The van der Waals surface area contributed by atoms with Crippen LogP contribution >= 0.6 is 11.6 Å². The minimum Gasteiger partial charge on any atom is -0.344 e. The highest BCUT2D eigenvalue weighted by Gasteiger charge is 2.18. The third kappa shape index (κ3) is 4.85. The van der Waals surface area contributed by atoms with Crippen molar-refractivity contribution in [3.8, 4) is 0 Å². The van der Waals surface area contributed by atoms with E-state index >= 15 is 0 Å². The highest BCUT2D eigenvalue weighted by molar-refractivity contribution is 6.30. The average Bonchev–Trinajstić information content (AvgIpc) is 2.41. The van der Waals surface area contributed by atoms with Gasteiger partial charge in [-0.1, -0.05) is 31.0 Å². The monoisotopic (exact) mass is 296 g/mol. The van der Waals surface area contributed by atoms with Crippen molar-refractivity contribution < 1.29 is 9.59 Å². The van der Waals surface area contributed by atoms with Crippen LogP contribution in [0, 0.1) is 0 Å². The van der Waals surface area contributed by atoms with Crippen molar-refractivity contribution >= 4 is 29.1 Å². The molecular weight excluding hydrogens is 276 g/mol. The molecule has 0 saturated heterocycles. The van der Waals surface area contributed by atoms with Crippen LogP contribution in [-0.4, -0.2) is 36.9 Å². The molecule has 0 spiro atoms. The standard InChI is InChI=1S/C15H21ClN2O2/c1-4-5-9-17(3)15(20)11-18(12(2)19)14-8-6-7-13(16)10-14/h6-8,10H,4-5,9,11H2,1-3H3. The predicted molar refractivity (Wildman–Crippen MR) is 82.0 cm³/mol. The van der Waals surface area contributed by atoms with Crippen LogP contribution in [0.5, 0.6) is 0 Å². The molecule has 4 nitrogen and oxygen atoms in total. The van der Waals surface area contributed by atoms with Crippen LogP contribution in [0.1, 0.15) is 26.7 Å². The molecule has 2 amide bonds. The van der Waals surface area contributed by atoms with Gasteiger partial charge in [0.05, 0.1) is 0 Å². The van der Waals surface area contributed by atoms with E-state index in [1.54, 1.807) is 36.2 Å². The van der Waals surface area contributed by atoms with Crippen molar-refractivity contribution in [2.75, 3.05) is 25.0 Å². The number of benzene rings is 1. The Hall–Kier alpha value is -1.55. The minimum atomic E-state index is -0.176. The fourth-order valence-electron chi connectivity index (χ4n) is 1.80. The second-order valence-electron chi connectivity index (χ2n) is 4.75. The van der Waals surface area contributed by atoms with E-state index in [2.05, 4.69) is 6.92 Å². The van der Waals surface area contributed by atoms with E-state index in [4.69, 9.17) is 11.6 Å². The number of carbonyl (C=O) groups is 2. The van der Waals surface area contributed by atoms with E-state index in [1.165, 1.54) is 11.8 Å². The number of amides is 2. The number of anilines is 1. The van der Waals surface area contributed by atoms with Crippen molar-refractivity contribution in [3.63, 3.8) is 0 Å². The number of hydrogen-bond acceptors (Lipinski definition) is 2. The smallest absolute Gasteiger partial charge is 0.242 e. The summed E-state index contributed by atoms with van der Waals surface area (Å²) in [4.78, 5) is 27.0. The maximum Gasteiger partial charge on any atom is 0.242 e. The molecule has 0 atom stereocenters. The molecule has 1 rings (SSSR count). The molecule has 20 heavy (non-hydrogen) atoms. The SMILES string of the molecule is CCCCN(C)C(=O)CN(C(C)=O)c1cccc(Cl)c1. The Kier molecular flexibility index (Phi) is 6.52. The van der Waals surface area contributed by atoms with Gasteiger partial charge in [-0.05, 0) is 24.6 Å². The first kappa shape index (κ1) is 16.5. The molecule has 0 aliphatic carbocycles. The summed E-state index contributed by atoms with van der Waals surface area (Å²) >= 11 is 5.93. The first-order valence-corrected chi connectivity index (χ1v) is 7.11. The van der Waals surface area contributed by atoms with Crippen LogP contribution in [0.15, 0.2) is 24.3 Å². The van der Waals surface area contributed by atoms with E-state index in [9.17, 15) is 9.59 Å². The Labute approximate surface area is 125 Å². The summed E-state index contributed by atoms with van der Waals surface area (Å²) in [5.41, 5.74) is 0.641. The van der Waals surface area contributed by atoms with E-state index in [-0.39, 0.29) is 18.4 Å². The number of nitrogens with zero attached hydrogens (tertiary/aromatic N) is 2. The minimum absolute atomic E-state index is 0.0376. The Morgan fingerprint density at radius 3 is 2.55 bits per heavy atom. The second-order valence-corrected chi connectivity index (χ2v) is 5.19. The summed E-state index contributed by atoms with van der Waals surface area (Å²) in [6, 6.07) is 6.95. The summed E-state index contributed by atoms with van der Waals surface area (Å²) < 4.78 is 0. The zero-order valence-corrected chi connectivity index (χ0v) is 13.0. The van der Waals surface area contributed by atoms with Crippen LogP contribution in [0.25, 0.3) is 0 Å². The van der Waals surface area contributed by atoms with Gasteiger partial charge in [0.1, 0.15) is 6.54 Å². The highest BCUT2D eigenvalue weighted by Crippen LogP contribution is 2.19. The molecule has 0 saturated carbocycles. The van der Waals surface area contributed by atoms with Crippen LogP contribution in [0.2, 0.25) is 5.02 Å². The molecule has 0 unspecified atom stereocenters. The van der Waals surface area contributed by atoms with Crippen LogP contribution in [0.3, 0.4) is 0 Å². The summed E-state index contributed by atoms with van der Waals surface area (Å²) in [6.45, 7) is 4.26. The van der Waals surface area contributed by atoms with Gasteiger partial charge in [-0.25, -0.2) is 0 Å². The van der Waals surface area contributed by atoms with Crippen molar-refractivity contribution in [3.05, 3.63) is 29.3 Å². The van der Waals surface area contributed by atoms with Crippen molar-refractivity contribution in [2.45, 2.75) is 26.7 Å². The molecule has 110 valence electrons. The van der Waals surface area contributed by atoms with Crippen LogP contribution < -0.4 is 4.90 Å². The Morgan fingerprint density at radius 2 is 2.00 bits per heavy atom. The number of likely N-dealkylation sites (N-methyl/N-ethyl adjacent to an activating group) is 1. The van der Waals surface area contributed by atoms with Gasteiger partial charge in [0.25, 0.3) is 0 Å². The lowest BCUT2D eigenvalue weighted by atomic mass is 10.2. The highest BCUT2D eigenvalue weighted by atomic mass is 35.5. The molecule has 0 N–H and O–H groups in total. The Balaban J connectivity index is 2.78. The van der Waals surface area contributed by atoms with Crippen LogP contribution in [0.4, 0.5) is 5.69 Å². The zero-order valence-electron chi connectivity index (χ0n) is 12.2. The summed E-state index contributed by atoms with van der Waals surface area (Å²) in [5, 5.41) is 0.542. The molecule has 0 heterocycles. The first-order valence-electron chi connectivity index (χ1n) is 6.73. The maximum atomic E-state index is 12.1. The molecule has 0 aliphatic rings. The van der Waals surface area contributed by atoms with Crippen LogP contribution in [-0.2, 0) is 9.59 Å². The molecule has 1 aromatic rings. The quantitative estimate of drug-likeness (QED) is 0.810. The van der Waals surface area contributed by atoms with E-state index < -0.39 is 0 Å². The molecule has 0 fully saturated rings. The largest absolute Gasteiger partial charge is 0.344 e. The van der Waals surface area contributed by atoms with Gasteiger partial charge in [0, 0.05) is 31.2 Å². The van der Waals surface area contributed by atoms with Gasteiger partial charge >= 0.3 is 0 Å². The fraction of sp³-hybridized carbons (Fsp3) is 0.467. The summed E-state index contributed by atoms with van der Waals surface area (Å²) in [7, 11) is 1.76. The molecule has 5 heteroatoms. The van der Waals surface area contributed by atoms with Crippen molar-refractivity contribution in [1.82, 2.24) is 4.90 Å². The number of halogens is 1. The maximum absolute atomic E-state index is 12.1. The van der Waals surface area contributed by atoms with Gasteiger partial charge in [-0.15, -0.1) is 0 Å². The molecule has 0 bridgehead atoms. The van der Waals surface area contributed by atoms with E-state index in [0.29, 0.717) is 17.3 Å². The Bertz CT molecular complexity index is 477. The van der Waals surface area contributed by atoms with Gasteiger partial charge in [0.2, 0.25) is 11.8 Å². The zero-order chi connectivity index (χ0) is 15.1. The second kappa shape index (κ2) is 7.90. The van der Waals surface area contributed by atoms with Gasteiger partial charge < -0.3 is 9.80 Å². The number of carbonyl (C=O) groups excluding carboxylic acids is 2. The number of hydrogen-bond donors (Lipinski definition) is 0. The number of rotatable bonds is 6. The summed E-state index contributed by atoms with van der Waals surface area (Å²) in [5.74, 6) is -0.252. The van der Waals surface area contributed by atoms with Gasteiger partial charge in [0.15, 0.2) is 0 Å². The van der Waals surface area contributed by atoms with E-state index in [1.807, 2.05) is 0 Å². The Morgan fingerprint density at radius 1 is 1.30 bits per heavy atom. The first-order chi connectivity index (χ1) is 9.45. The molecule has 0 radical (unpaired) electrons. The van der Waals surface area contributed by atoms with Gasteiger partial charge in [-0.2, -0.15) is 0 Å².